The first kappa shape index (κ1) is 18.4. The van der Waals surface area contributed by atoms with Crippen LogP contribution in [0.25, 0.3) is 11.1 Å². The molecule has 2 aromatic heterocycles. The molecule has 1 N–H and O–H groups in total. The number of nitrogens with zero attached hydrogens (tertiary/aromatic N) is 4. The minimum atomic E-state index is -0.257. The molecule has 28 heavy (non-hydrogen) atoms. The van der Waals surface area contributed by atoms with E-state index in [0.29, 0.717) is 12.2 Å². The van der Waals surface area contributed by atoms with Gasteiger partial charge in [0.05, 0.1) is 6.20 Å². The fraction of sp³-hybridized carbons (Fsp3) is 0.381. The second kappa shape index (κ2) is 7.96. The lowest BCUT2D eigenvalue weighted by molar-refractivity contribution is 0.0693. The van der Waals surface area contributed by atoms with Crippen molar-refractivity contribution in [3.8, 4) is 11.1 Å². The lowest BCUT2D eigenvalue weighted by Gasteiger charge is -2.32. The summed E-state index contributed by atoms with van der Waals surface area (Å²) in [5.41, 5.74) is 3.54. The van der Waals surface area contributed by atoms with Crippen molar-refractivity contribution in [2.45, 2.75) is 38.6 Å². The zero-order chi connectivity index (χ0) is 19.5. The largest absolute Gasteiger partial charge is 0.337 e. The molecule has 6 nitrogen and oxygen atoms in total. The van der Waals surface area contributed by atoms with Gasteiger partial charge in [-0.05, 0) is 43.0 Å². The van der Waals surface area contributed by atoms with E-state index in [1.54, 1.807) is 35.3 Å². The summed E-state index contributed by atoms with van der Waals surface area (Å²) in [6.45, 7) is 4.18. The van der Waals surface area contributed by atoms with Crippen LogP contribution in [0.4, 0.5) is 4.39 Å². The Bertz CT molecular complexity index is 946. The van der Waals surface area contributed by atoms with Gasteiger partial charge in [0.15, 0.2) is 0 Å². The molecule has 0 unspecified atom stereocenters. The molecule has 1 aliphatic rings. The SMILES string of the molecule is CCCn1nccc1C(=O)N1CCC[C@@H](c2[nH]ncc2-c2ccc(F)cc2)C1. The predicted molar refractivity (Wildman–Crippen MR) is 104 cm³/mol. The van der Waals surface area contributed by atoms with Crippen molar-refractivity contribution in [2.75, 3.05) is 13.1 Å². The lowest BCUT2D eigenvalue weighted by Crippen LogP contribution is -2.40. The Morgan fingerprint density at radius 1 is 1.29 bits per heavy atom. The van der Waals surface area contributed by atoms with Gasteiger partial charge in [0.1, 0.15) is 11.5 Å². The van der Waals surface area contributed by atoms with Crippen molar-refractivity contribution >= 4 is 5.91 Å². The average Bonchev–Trinajstić information content (AvgIpc) is 3.38. The number of aromatic nitrogens is 4. The molecule has 1 saturated heterocycles. The standard InChI is InChI=1S/C21H24FN5O/c1-2-11-27-19(9-10-24-27)21(28)26-12-3-4-16(14-26)20-18(13-23-25-20)15-5-7-17(22)8-6-15/h5-10,13,16H,2-4,11-12,14H2,1H3,(H,23,25)/t16-/m1/s1. The number of nitrogens with one attached hydrogen (secondary N) is 1. The maximum absolute atomic E-state index is 13.3. The highest BCUT2D eigenvalue weighted by molar-refractivity contribution is 5.92. The Labute approximate surface area is 163 Å². The van der Waals surface area contributed by atoms with Crippen molar-refractivity contribution in [1.29, 1.82) is 0 Å². The van der Waals surface area contributed by atoms with Gasteiger partial charge in [0.25, 0.3) is 5.91 Å². The topological polar surface area (TPSA) is 66.8 Å². The molecule has 3 heterocycles. The summed E-state index contributed by atoms with van der Waals surface area (Å²) in [5, 5.41) is 11.6. The van der Waals surface area contributed by atoms with E-state index in [-0.39, 0.29) is 17.6 Å². The molecule has 0 spiro atoms. The van der Waals surface area contributed by atoms with Gasteiger partial charge in [-0.25, -0.2) is 4.39 Å². The smallest absolute Gasteiger partial charge is 0.272 e. The van der Waals surface area contributed by atoms with Gasteiger partial charge in [-0.1, -0.05) is 19.1 Å². The Hall–Kier alpha value is -2.96. The molecule has 1 amide bonds. The van der Waals surface area contributed by atoms with E-state index in [0.717, 1.165) is 49.2 Å². The fourth-order valence-corrected chi connectivity index (χ4v) is 3.93. The molecule has 1 aromatic carbocycles. The van der Waals surface area contributed by atoms with Crippen LogP contribution in [0.3, 0.4) is 0 Å². The first-order valence-corrected chi connectivity index (χ1v) is 9.77. The van der Waals surface area contributed by atoms with Crippen LogP contribution >= 0.6 is 0 Å². The zero-order valence-corrected chi connectivity index (χ0v) is 15.9. The van der Waals surface area contributed by atoms with Crippen LogP contribution < -0.4 is 0 Å². The first-order valence-electron chi connectivity index (χ1n) is 9.77. The quantitative estimate of drug-likeness (QED) is 0.730. The third-order valence-corrected chi connectivity index (χ3v) is 5.31. The van der Waals surface area contributed by atoms with Gasteiger partial charge in [-0.3, -0.25) is 14.6 Å². The van der Waals surface area contributed by atoms with Crippen LogP contribution in [0.1, 0.15) is 48.3 Å². The molecule has 0 bridgehead atoms. The summed E-state index contributed by atoms with van der Waals surface area (Å²) in [7, 11) is 0. The molecule has 3 aromatic rings. The minimum Gasteiger partial charge on any atom is -0.337 e. The van der Waals surface area contributed by atoms with Crippen LogP contribution in [0, 0.1) is 5.82 Å². The average molecular weight is 381 g/mol. The van der Waals surface area contributed by atoms with Crippen LogP contribution in [0.15, 0.2) is 42.7 Å². The first-order chi connectivity index (χ1) is 13.7. The van der Waals surface area contributed by atoms with Crippen LogP contribution in [0.5, 0.6) is 0 Å². The number of aromatic amines is 1. The number of likely N-dealkylation sites (tertiary alicyclic amines) is 1. The number of piperidine rings is 1. The van der Waals surface area contributed by atoms with Gasteiger partial charge in [-0.15, -0.1) is 0 Å². The number of H-pyrrole nitrogens is 1. The predicted octanol–water partition coefficient (Wildman–Crippen LogP) is 3.84. The Morgan fingerprint density at radius 3 is 2.89 bits per heavy atom. The molecule has 146 valence electrons. The number of carbonyl (C=O) groups is 1. The van der Waals surface area contributed by atoms with E-state index in [1.165, 1.54) is 12.1 Å². The van der Waals surface area contributed by atoms with E-state index in [4.69, 9.17) is 0 Å². The number of aryl methyl sites for hydroxylation is 1. The highest BCUT2D eigenvalue weighted by Gasteiger charge is 2.29. The second-order valence-electron chi connectivity index (χ2n) is 7.23. The molecule has 0 aliphatic carbocycles. The molecular formula is C21H24FN5O. The van der Waals surface area contributed by atoms with Gasteiger partial charge >= 0.3 is 0 Å². The summed E-state index contributed by atoms with van der Waals surface area (Å²) >= 11 is 0. The van der Waals surface area contributed by atoms with Crippen molar-refractivity contribution in [1.82, 2.24) is 24.9 Å². The summed E-state index contributed by atoms with van der Waals surface area (Å²) in [6.07, 6.45) is 6.31. The fourth-order valence-electron chi connectivity index (χ4n) is 3.93. The number of amides is 1. The minimum absolute atomic E-state index is 0.0264. The van der Waals surface area contributed by atoms with Crippen molar-refractivity contribution in [3.05, 3.63) is 59.9 Å². The number of hydrogen-bond donors (Lipinski definition) is 1. The van der Waals surface area contributed by atoms with E-state index < -0.39 is 0 Å². The number of halogens is 1. The number of carbonyl (C=O) groups excluding carboxylic acids is 1. The molecule has 0 radical (unpaired) electrons. The third kappa shape index (κ3) is 3.56. The van der Waals surface area contributed by atoms with Crippen molar-refractivity contribution in [3.63, 3.8) is 0 Å². The summed E-state index contributed by atoms with van der Waals surface area (Å²) in [6, 6.07) is 8.23. The molecule has 4 rings (SSSR count). The monoisotopic (exact) mass is 381 g/mol. The van der Waals surface area contributed by atoms with Crippen molar-refractivity contribution in [2.24, 2.45) is 0 Å². The number of rotatable bonds is 5. The zero-order valence-electron chi connectivity index (χ0n) is 15.9. The van der Waals surface area contributed by atoms with E-state index >= 15 is 0 Å². The maximum Gasteiger partial charge on any atom is 0.272 e. The number of hydrogen-bond acceptors (Lipinski definition) is 3. The third-order valence-electron chi connectivity index (χ3n) is 5.31. The van der Waals surface area contributed by atoms with E-state index in [1.807, 2.05) is 4.90 Å². The Balaban J connectivity index is 1.55. The van der Waals surface area contributed by atoms with Crippen molar-refractivity contribution < 1.29 is 9.18 Å². The lowest BCUT2D eigenvalue weighted by atomic mass is 9.90. The summed E-state index contributed by atoms with van der Waals surface area (Å²) in [5.74, 6) is -0.0618. The second-order valence-corrected chi connectivity index (χ2v) is 7.23. The Kier molecular flexibility index (Phi) is 5.23. The van der Waals surface area contributed by atoms with Gasteiger partial charge in [-0.2, -0.15) is 10.2 Å². The van der Waals surface area contributed by atoms with Gasteiger partial charge in [0, 0.05) is 43.0 Å². The highest BCUT2D eigenvalue weighted by Crippen LogP contribution is 2.33. The van der Waals surface area contributed by atoms with Gasteiger partial charge in [0.2, 0.25) is 0 Å². The maximum atomic E-state index is 13.3. The normalized spacial score (nSPS) is 17.1. The van der Waals surface area contributed by atoms with Gasteiger partial charge < -0.3 is 4.90 Å². The number of benzene rings is 1. The van der Waals surface area contributed by atoms with Crippen LogP contribution in [-0.4, -0.2) is 43.9 Å². The molecule has 1 aliphatic heterocycles. The van der Waals surface area contributed by atoms with Crippen LogP contribution in [0.2, 0.25) is 0 Å². The summed E-state index contributed by atoms with van der Waals surface area (Å²) < 4.78 is 15.1. The Morgan fingerprint density at radius 2 is 2.11 bits per heavy atom. The molecule has 7 heteroatoms. The van der Waals surface area contributed by atoms with E-state index in [2.05, 4.69) is 22.2 Å². The van der Waals surface area contributed by atoms with Crippen LogP contribution in [-0.2, 0) is 6.54 Å². The molecular weight excluding hydrogens is 357 g/mol. The molecule has 1 atom stereocenters. The molecule has 1 fully saturated rings. The highest BCUT2D eigenvalue weighted by atomic mass is 19.1. The molecule has 0 saturated carbocycles. The summed E-state index contributed by atoms with van der Waals surface area (Å²) in [4.78, 5) is 15.0. The van der Waals surface area contributed by atoms with E-state index in [9.17, 15) is 9.18 Å².